The standard InChI is InChI=1S/C17H19N3O4/c1-8-6-9(2)13(10(3)7-8)20-14(21)11-12(15(22)24-5)18-19-17(11,4)16(20)23/h6-7,11,19H,1-5H3. The van der Waals surface area contributed by atoms with Gasteiger partial charge in [0, 0.05) is 0 Å². The van der Waals surface area contributed by atoms with Crippen LogP contribution in [-0.4, -0.2) is 36.1 Å². The lowest BCUT2D eigenvalue weighted by Crippen LogP contribution is -2.48. The van der Waals surface area contributed by atoms with Crippen molar-refractivity contribution >= 4 is 29.2 Å². The van der Waals surface area contributed by atoms with E-state index in [0.717, 1.165) is 16.7 Å². The highest BCUT2D eigenvalue weighted by Gasteiger charge is 2.64. The average molecular weight is 329 g/mol. The highest BCUT2D eigenvalue weighted by molar-refractivity contribution is 6.47. The number of nitrogens with zero attached hydrogens (tertiary/aromatic N) is 2. The van der Waals surface area contributed by atoms with Gasteiger partial charge in [-0.3, -0.25) is 15.0 Å². The first-order valence-electron chi connectivity index (χ1n) is 7.61. The summed E-state index contributed by atoms with van der Waals surface area (Å²) in [5.41, 5.74) is 4.60. The van der Waals surface area contributed by atoms with Gasteiger partial charge in [0.05, 0.1) is 12.8 Å². The maximum atomic E-state index is 13.0. The maximum absolute atomic E-state index is 13.0. The number of carbonyl (C=O) groups is 3. The van der Waals surface area contributed by atoms with E-state index in [-0.39, 0.29) is 5.71 Å². The molecule has 2 heterocycles. The number of methoxy groups -OCH3 is 1. The van der Waals surface area contributed by atoms with Crippen LogP contribution in [0.3, 0.4) is 0 Å². The van der Waals surface area contributed by atoms with Gasteiger partial charge in [-0.25, -0.2) is 9.69 Å². The fourth-order valence-corrected chi connectivity index (χ4v) is 3.58. The van der Waals surface area contributed by atoms with Crippen LogP contribution in [0.4, 0.5) is 5.69 Å². The predicted molar refractivity (Wildman–Crippen MR) is 87.6 cm³/mol. The smallest absolute Gasteiger partial charge is 0.355 e. The van der Waals surface area contributed by atoms with Crippen molar-refractivity contribution in [2.45, 2.75) is 33.2 Å². The first-order chi connectivity index (χ1) is 11.2. The molecule has 2 atom stereocenters. The Bertz CT molecular complexity index is 791. The van der Waals surface area contributed by atoms with Crippen LogP contribution < -0.4 is 10.3 Å². The Labute approximate surface area is 139 Å². The summed E-state index contributed by atoms with van der Waals surface area (Å²) in [6.07, 6.45) is 0. The Balaban J connectivity index is 2.12. The largest absolute Gasteiger partial charge is 0.464 e. The Morgan fingerprint density at radius 2 is 1.83 bits per heavy atom. The molecule has 126 valence electrons. The molecular formula is C17H19N3O4. The van der Waals surface area contributed by atoms with Crippen molar-refractivity contribution in [3.05, 3.63) is 28.8 Å². The van der Waals surface area contributed by atoms with Gasteiger partial charge in [0.15, 0.2) is 5.71 Å². The molecule has 2 aliphatic rings. The van der Waals surface area contributed by atoms with Gasteiger partial charge in [0.1, 0.15) is 11.5 Å². The zero-order chi connectivity index (χ0) is 17.8. The van der Waals surface area contributed by atoms with Gasteiger partial charge in [-0.15, -0.1) is 0 Å². The molecule has 1 aromatic carbocycles. The number of aryl methyl sites for hydroxylation is 3. The molecule has 1 N–H and O–H groups in total. The summed E-state index contributed by atoms with van der Waals surface area (Å²) < 4.78 is 4.68. The number of fused-ring (bicyclic) bond motifs is 1. The van der Waals surface area contributed by atoms with E-state index >= 15 is 0 Å². The molecule has 0 aliphatic carbocycles. The molecule has 0 bridgehead atoms. The van der Waals surface area contributed by atoms with E-state index in [1.54, 1.807) is 6.92 Å². The van der Waals surface area contributed by atoms with Crippen molar-refractivity contribution in [1.29, 1.82) is 0 Å². The number of anilines is 1. The molecular weight excluding hydrogens is 310 g/mol. The van der Waals surface area contributed by atoms with E-state index in [1.165, 1.54) is 12.0 Å². The molecule has 1 fully saturated rings. The van der Waals surface area contributed by atoms with Crippen LogP contribution in [-0.2, 0) is 19.1 Å². The van der Waals surface area contributed by atoms with Crippen molar-refractivity contribution in [2.75, 3.05) is 12.0 Å². The zero-order valence-electron chi connectivity index (χ0n) is 14.3. The Hall–Kier alpha value is -2.70. The summed E-state index contributed by atoms with van der Waals surface area (Å²) in [6, 6.07) is 3.84. The number of hydrogen-bond acceptors (Lipinski definition) is 6. The van der Waals surface area contributed by atoms with E-state index in [0.29, 0.717) is 5.69 Å². The number of benzene rings is 1. The van der Waals surface area contributed by atoms with Gasteiger partial charge in [0.2, 0.25) is 5.91 Å². The summed E-state index contributed by atoms with van der Waals surface area (Å²) in [5, 5.41) is 3.87. The minimum Gasteiger partial charge on any atom is -0.464 e. The molecule has 2 amide bonds. The Kier molecular flexibility index (Phi) is 3.47. The Morgan fingerprint density at radius 1 is 1.25 bits per heavy atom. The molecule has 0 aromatic heterocycles. The van der Waals surface area contributed by atoms with Gasteiger partial charge >= 0.3 is 5.97 Å². The van der Waals surface area contributed by atoms with Gasteiger partial charge in [-0.05, 0) is 38.8 Å². The van der Waals surface area contributed by atoms with Gasteiger partial charge in [0.25, 0.3) is 5.91 Å². The van der Waals surface area contributed by atoms with Crippen LogP contribution in [0, 0.1) is 26.7 Å². The highest BCUT2D eigenvalue weighted by atomic mass is 16.5. The number of imide groups is 1. The van der Waals surface area contributed by atoms with E-state index in [2.05, 4.69) is 15.3 Å². The van der Waals surface area contributed by atoms with Crippen LogP contribution in [0.25, 0.3) is 0 Å². The fraction of sp³-hybridized carbons (Fsp3) is 0.412. The second-order valence-corrected chi connectivity index (χ2v) is 6.46. The van der Waals surface area contributed by atoms with Crippen molar-refractivity contribution in [3.63, 3.8) is 0 Å². The molecule has 2 aliphatic heterocycles. The molecule has 24 heavy (non-hydrogen) atoms. The van der Waals surface area contributed by atoms with E-state index in [9.17, 15) is 14.4 Å². The number of nitrogens with one attached hydrogen (secondary N) is 1. The minimum absolute atomic E-state index is 0.0664. The number of hydrogen-bond donors (Lipinski definition) is 1. The first kappa shape index (κ1) is 16.2. The van der Waals surface area contributed by atoms with Crippen LogP contribution in [0.15, 0.2) is 17.2 Å². The topological polar surface area (TPSA) is 88.1 Å². The summed E-state index contributed by atoms with van der Waals surface area (Å²) in [5.74, 6) is -2.59. The number of hydrazone groups is 1. The van der Waals surface area contributed by atoms with Gasteiger partial charge < -0.3 is 4.74 Å². The average Bonchev–Trinajstić information content (AvgIpc) is 2.95. The highest BCUT2D eigenvalue weighted by Crippen LogP contribution is 2.40. The lowest BCUT2D eigenvalue weighted by molar-refractivity contribution is -0.133. The molecule has 7 heteroatoms. The number of amides is 2. The van der Waals surface area contributed by atoms with Gasteiger partial charge in [-0.2, -0.15) is 5.10 Å². The van der Waals surface area contributed by atoms with Crippen LogP contribution in [0.2, 0.25) is 0 Å². The van der Waals surface area contributed by atoms with Crippen molar-refractivity contribution in [1.82, 2.24) is 5.43 Å². The van der Waals surface area contributed by atoms with Crippen molar-refractivity contribution in [3.8, 4) is 0 Å². The monoisotopic (exact) mass is 329 g/mol. The molecule has 1 saturated heterocycles. The molecule has 2 unspecified atom stereocenters. The SMILES string of the molecule is COC(=O)C1=NNC2(C)C(=O)N(c3c(C)cc(C)cc3C)C(=O)C12. The van der Waals surface area contributed by atoms with Crippen LogP contribution >= 0.6 is 0 Å². The third-order valence-electron chi connectivity index (χ3n) is 4.63. The van der Waals surface area contributed by atoms with E-state index in [1.807, 2.05) is 32.9 Å². The van der Waals surface area contributed by atoms with E-state index < -0.39 is 29.2 Å². The second kappa shape index (κ2) is 5.15. The maximum Gasteiger partial charge on any atom is 0.355 e. The first-order valence-corrected chi connectivity index (χ1v) is 7.61. The Morgan fingerprint density at radius 3 is 2.38 bits per heavy atom. The molecule has 1 aromatic rings. The number of rotatable bonds is 2. The summed E-state index contributed by atoms with van der Waals surface area (Å²) >= 11 is 0. The van der Waals surface area contributed by atoms with E-state index in [4.69, 9.17) is 0 Å². The third-order valence-corrected chi connectivity index (χ3v) is 4.63. The lowest BCUT2D eigenvalue weighted by Gasteiger charge is -2.23. The summed E-state index contributed by atoms with van der Waals surface area (Å²) in [6.45, 7) is 7.25. The fourth-order valence-electron chi connectivity index (χ4n) is 3.58. The normalized spacial score (nSPS) is 25.5. The lowest BCUT2D eigenvalue weighted by atomic mass is 9.86. The molecule has 3 rings (SSSR count). The number of carbonyl (C=O) groups excluding carboxylic acids is 3. The van der Waals surface area contributed by atoms with Crippen molar-refractivity contribution < 1.29 is 19.1 Å². The second-order valence-electron chi connectivity index (χ2n) is 6.46. The minimum atomic E-state index is -1.27. The molecule has 0 radical (unpaired) electrons. The molecule has 0 saturated carbocycles. The summed E-state index contributed by atoms with van der Waals surface area (Å²) in [7, 11) is 1.22. The molecule has 7 nitrogen and oxygen atoms in total. The van der Waals surface area contributed by atoms with Gasteiger partial charge in [-0.1, -0.05) is 17.7 Å². The van der Waals surface area contributed by atoms with Crippen LogP contribution in [0.1, 0.15) is 23.6 Å². The molecule has 0 spiro atoms. The third kappa shape index (κ3) is 1.97. The van der Waals surface area contributed by atoms with Crippen LogP contribution in [0.5, 0.6) is 0 Å². The number of ether oxygens (including phenoxy) is 1. The quantitative estimate of drug-likeness (QED) is 0.646. The van der Waals surface area contributed by atoms with Crippen molar-refractivity contribution in [2.24, 2.45) is 11.0 Å². The predicted octanol–water partition coefficient (Wildman–Crippen LogP) is 0.992. The zero-order valence-corrected chi connectivity index (χ0v) is 14.3. The summed E-state index contributed by atoms with van der Waals surface area (Å²) in [4.78, 5) is 39.0. The number of esters is 1.